The summed E-state index contributed by atoms with van der Waals surface area (Å²) >= 11 is 2.09. The number of nitrogens with one attached hydrogen (secondary N) is 1. The van der Waals surface area contributed by atoms with E-state index in [-0.39, 0.29) is 0 Å². The van der Waals surface area contributed by atoms with Gasteiger partial charge in [-0.3, -0.25) is 9.97 Å². The number of rotatable bonds is 5. The van der Waals surface area contributed by atoms with E-state index >= 15 is 0 Å². The monoisotopic (exact) mass is 251 g/mol. The Hall–Kier alpha value is -0.610. The smallest absolute Gasteiger partial charge is 0.0767 e. The summed E-state index contributed by atoms with van der Waals surface area (Å²) in [5.41, 5.74) is 1.10. The van der Waals surface area contributed by atoms with Crippen molar-refractivity contribution in [2.45, 2.75) is 43.9 Å². The van der Waals surface area contributed by atoms with Crippen molar-refractivity contribution < 1.29 is 0 Å². The van der Waals surface area contributed by atoms with E-state index in [1.807, 2.05) is 6.20 Å². The second-order valence-corrected chi connectivity index (χ2v) is 5.81. The summed E-state index contributed by atoms with van der Waals surface area (Å²) in [7, 11) is 0. The fourth-order valence-corrected chi connectivity index (χ4v) is 3.66. The molecule has 2 heterocycles. The fourth-order valence-electron chi connectivity index (χ4n) is 2.23. The molecular weight excluding hydrogens is 230 g/mol. The van der Waals surface area contributed by atoms with Gasteiger partial charge in [0.15, 0.2) is 0 Å². The first-order valence-electron chi connectivity index (χ1n) is 6.52. The average Bonchev–Trinajstić information content (AvgIpc) is 2.42. The molecule has 1 fully saturated rings. The summed E-state index contributed by atoms with van der Waals surface area (Å²) in [4.78, 5) is 8.67. The van der Waals surface area contributed by atoms with E-state index in [0.717, 1.165) is 18.7 Å². The van der Waals surface area contributed by atoms with Gasteiger partial charge in [-0.05, 0) is 31.6 Å². The molecule has 0 amide bonds. The van der Waals surface area contributed by atoms with Crippen molar-refractivity contribution in [2.24, 2.45) is 0 Å². The highest BCUT2D eigenvalue weighted by Crippen LogP contribution is 2.33. The van der Waals surface area contributed by atoms with Crippen molar-refractivity contribution in [1.82, 2.24) is 15.3 Å². The van der Waals surface area contributed by atoms with Crippen molar-refractivity contribution in [3.63, 3.8) is 0 Å². The molecular formula is C13H21N3S. The van der Waals surface area contributed by atoms with Crippen LogP contribution in [0.5, 0.6) is 0 Å². The van der Waals surface area contributed by atoms with Crippen LogP contribution in [0.1, 0.15) is 44.3 Å². The third-order valence-electron chi connectivity index (χ3n) is 3.10. The molecule has 4 heteroatoms. The Kier molecular flexibility index (Phi) is 5.26. The van der Waals surface area contributed by atoms with Gasteiger partial charge < -0.3 is 5.32 Å². The lowest BCUT2D eigenvalue weighted by molar-refractivity contribution is 0.469. The molecule has 2 unspecified atom stereocenters. The van der Waals surface area contributed by atoms with Crippen molar-refractivity contribution in [1.29, 1.82) is 0 Å². The van der Waals surface area contributed by atoms with E-state index in [4.69, 9.17) is 0 Å². The minimum atomic E-state index is 0.369. The molecule has 1 saturated heterocycles. The van der Waals surface area contributed by atoms with Gasteiger partial charge in [-0.15, -0.1) is 0 Å². The number of thioether (sulfide) groups is 1. The third-order valence-corrected chi connectivity index (χ3v) is 4.56. The highest BCUT2D eigenvalue weighted by atomic mass is 32.2. The highest BCUT2D eigenvalue weighted by Gasteiger charge is 2.26. The maximum absolute atomic E-state index is 4.47. The van der Waals surface area contributed by atoms with E-state index in [1.54, 1.807) is 12.4 Å². The molecule has 0 bridgehead atoms. The molecule has 3 nitrogen and oxygen atoms in total. The zero-order valence-electron chi connectivity index (χ0n) is 10.4. The Morgan fingerprint density at radius 1 is 1.47 bits per heavy atom. The predicted molar refractivity (Wildman–Crippen MR) is 73.2 cm³/mol. The van der Waals surface area contributed by atoms with Crippen LogP contribution in [0, 0.1) is 0 Å². The third kappa shape index (κ3) is 3.68. The van der Waals surface area contributed by atoms with Crippen LogP contribution in [0.3, 0.4) is 0 Å². The van der Waals surface area contributed by atoms with Crippen molar-refractivity contribution in [3.05, 3.63) is 24.3 Å². The lowest BCUT2D eigenvalue weighted by Crippen LogP contribution is -2.33. The molecule has 1 N–H and O–H groups in total. The van der Waals surface area contributed by atoms with Crippen LogP contribution in [0.2, 0.25) is 0 Å². The van der Waals surface area contributed by atoms with Gasteiger partial charge in [0, 0.05) is 17.6 Å². The molecule has 17 heavy (non-hydrogen) atoms. The van der Waals surface area contributed by atoms with Gasteiger partial charge in [-0.25, -0.2) is 0 Å². The first-order chi connectivity index (χ1) is 8.42. The van der Waals surface area contributed by atoms with E-state index < -0.39 is 0 Å². The zero-order valence-corrected chi connectivity index (χ0v) is 11.2. The van der Waals surface area contributed by atoms with Crippen molar-refractivity contribution in [3.8, 4) is 0 Å². The van der Waals surface area contributed by atoms with Gasteiger partial charge in [-0.1, -0.05) is 13.3 Å². The Labute approximate surface area is 108 Å². The van der Waals surface area contributed by atoms with E-state index in [2.05, 4.69) is 34.0 Å². The summed E-state index contributed by atoms with van der Waals surface area (Å²) < 4.78 is 0. The Balaban J connectivity index is 2.06. The number of nitrogens with zero attached hydrogens (tertiary/aromatic N) is 2. The number of aromatic nitrogens is 2. The standard InChI is InChI=1S/C13H21N3S/c1-2-6-16-13(11-10-14-7-8-15-11)12-5-3-4-9-17-12/h7-8,10,12-13,16H,2-6,9H2,1H3. The van der Waals surface area contributed by atoms with Gasteiger partial charge in [0.1, 0.15) is 0 Å². The molecule has 1 aromatic heterocycles. The quantitative estimate of drug-likeness (QED) is 0.873. The topological polar surface area (TPSA) is 37.8 Å². The second-order valence-electron chi connectivity index (χ2n) is 4.47. The Morgan fingerprint density at radius 3 is 3.06 bits per heavy atom. The summed E-state index contributed by atoms with van der Waals surface area (Å²) in [5, 5.41) is 4.29. The molecule has 1 aromatic rings. The zero-order chi connectivity index (χ0) is 11.9. The molecule has 2 atom stereocenters. The largest absolute Gasteiger partial charge is 0.308 e. The highest BCUT2D eigenvalue weighted by molar-refractivity contribution is 8.00. The maximum Gasteiger partial charge on any atom is 0.0767 e. The van der Waals surface area contributed by atoms with Crippen LogP contribution in [0.15, 0.2) is 18.6 Å². The minimum Gasteiger partial charge on any atom is -0.308 e. The number of hydrogen-bond donors (Lipinski definition) is 1. The summed E-state index contributed by atoms with van der Waals surface area (Å²) in [6.07, 6.45) is 10.6. The Bertz CT molecular complexity index is 312. The lowest BCUT2D eigenvalue weighted by Gasteiger charge is -2.30. The van der Waals surface area contributed by atoms with Crippen LogP contribution in [-0.2, 0) is 0 Å². The Morgan fingerprint density at radius 2 is 2.41 bits per heavy atom. The maximum atomic E-state index is 4.47. The van der Waals surface area contributed by atoms with Crippen molar-refractivity contribution >= 4 is 11.8 Å². The van der Waals surface area contributed by atoms with Gasteiger partial charge in [-0.2, -0.15) is 11.8 Å². The van der Waals surface area contributed by atoms with Crippen LogP contribution < -0.4 is 5.32 Å². The minimum absolute atomic E-state index is 0.369. The van der Waals surface area contributed by atoms with E-state index in [1.165, 1.54) is 25.0 Å². The summed E-state index contributed by atoms with van der Waals surface area (Å²) in [5.74, 6) is 1.29. The summed E-state index contributed by atoms with van der Waals surface area (Å²) in [6.45, 7) is 3.26. The SMILES string of the molecule is CCCNC(c1cnccn1)C1CCCCS1. The molecule has 0 aliphatic carbocycles. The van der Waals surface area contributed by atoms with Crippen LogP contribution >= 0.6 is 11.8 Å². The van der Waals surface area contributed by atoms with Gasteiger partial charge in [0.2, 0.25) is 0 Å². The van der Waals surface area contributed by atoms with E-state index in [9.17, 15) is 0 Å². The first-order valence-corrected chi connectivity index (χ1v) is 7.57. The molecule has 1 aliphatic heterocycles. The van der Waals surface area contributed by atoms with Crippen LogP contribution in [0.4, 0.5) is 0 Å². The summed E-state index contributed by atoms with van der Waals surface area (Å²) in [6, 6.07) is 0.369. The van der Waals surface area contributed by atoms with Gasteiger partial charge in [0.05, 0.1) is 17.9 Å². The van der Waals surface area contributed by atoms with Crippen molar-refractivity contribution in [2.75, 3.05) is 12.3 Å². The molecule has 1 aliphatic rings. The fraction of sp³-hybridized carbons (Fsp3) is 0.692. The molecule has 0 radical (unpaired) electrons. The molecule has 94 valence electrons. The molecule has 0 saturated carbocycles. The van der Waals surface area contributed by atoms with E-state index in [0.29, 0.717) is 11.3 Å². The van der Waals surface area contributed by atoms with Gasteiger partial charge >= 0.3 is 0 Å². The molecule has 2 rings (SSSR count). The second kappa shape index (κ2) is 6.97. The normalized spacial score (nSPS) is 22.3. The average molecular weight is 251 g/mol. The first kappa shape index (κ1) is 12.8. The lowest BCUT2D eigenvalue weighted by atomic mass is 10.0. The predicted octanol–water partition coefficient (Wildman–Crippen LogP) is 2.80. The van der Waals surface area contributed by atoms with Crippen LogP contribution in [-0.4, -0.2) is 27.5 Å². The van der Waals surface area contributed by atoms with Gasteiger partial charge in [0.25, 0.3) is 0 Å². The molecule has 0 spiro atoms. The molecule has 0 aromatic carbocycles. The number of hydrogen-bond acceptors (Lipinski definition) is 4. The van der Waals surface area contributed by atoms with Crippen LogP contribution in [0.25, 0.3) is 0 Å².